The number of anilines is 2. The number of carbonyl (C=O) groups excluding carboxylic acids is 1. The van der Waals surface area contributed by atoms with Gasteiger partial charge in [0.15, 0.2) is 0 Å². The summed E-state index contributed by atoms with van der Waals surface area (Å²) >= 11 is 18.5. The highest BCUT2D eigenvalue weighted by Crippen LogP contribution is 2.34. The Morgan fingerprint density at radius 1 is 1.14 bits per heavy atom. The Balaban J connectivity index is 1.96. The van der Waals surface area contributed by atoms with Crippen LogP contribution in [-0.4, -0.2) is 26.6 Å². The Hall–Kier alpha value is -1.73. The molecular weight excluding hydrogens is 443 g/mol. The summed E-state index contributed by atoms with van der Waals surface area (Å²) in [5, 5.41) is 3.36. The molecule has 28 heavy (non-hydrogen) atoms. The van der Waals surface area contributed by atoms with Crippen molar-refractivity contribution in [1.82, 2.24) is 0 Å². The Morgan fingerprint density at radius 3 is 2.54 bits per heavy atom. The van der Waals surface area contributed by atoms with Gasteiger partial charge in [0.2, 0.25) is 10.0 Å². The molecule has 0 spiro atoms. The molecule has 1 aliphatic heterocycles. The first-order valence-electron chi connectivity index (χ1n) is 8.45. The van der Waals surface area contributed by atoms with Gasteiger partial charge in [-0.1, -0.05) is 47.0 Å². The lowest BCUT2D eigenvalue weighted by molar-refractivity contribution is 0.102. The maximum absolute atomic E-state index is 12.8. The number of amides is 1. The first-order valence-corrected chi connectivity index (χ1v) is 11.2. The first kappa shape index (κ1) is 21.0. The number of allylic oxidation sites excluding steroid dienone is 1. The average Bonchev–Trinajstić information content (AvgIpc) is 2.96. The number of hydrogen-bond donors (Lipinski definition) is 1. The van der Waals surface area contributed by atoms with Crippen LogP contribution < -0.4 is 9.62 Å². The molecule has 3 rings (SSSR count). The molecule has 1 saturated heterocycles. The fourth-order valence-corrected chi connectivity index (χ4v) is 5.19. The van der Waals surface area contributed by atoms with Gasteiger partial charge in [-0.05, 0) is 49.2 Å². The van der Waals surface area contributed by atoms with Crippen LogP contribution in [0.5, 0.6) is 0 Å². The summed E-state index contributed by atoms with van der Waals surface area (Å²) < 4.78 is 25.6. The molecule has 1 fully saturated rings. The van der Waals surface area contributed by atoms with E-state index < -0.39 is 15.9 Å². The molecule has 0 aliphatic carbocycles. The number of carbonyl (C=O) groups is 1. The number of halogens is 3. The van der Waals surface area contributed by atoms with Gasteiger partial charge in [0.1, 0.15) is 0 Å². The van der Waals surface area contributed by atoms with Gasteiger partial charge in [0.25, 0.3) is 5.91 Å². The van der Waals surface area contributed by atoms with Crippen molar-refractivity contribution in [1.29, 1.82) is 0 Å². The SMILES string of the molecule is C/C=C/c1cc(Cl)cc(NC(=O)c2cc(N3CCCS3(=O)=O)cc(Cl)c2Cl)c1. The smallest absolute Gasteiger partial charge is 0.257 e. The topological polar surface area (TPSA) is 66.5 Å². The van der Waals surface area contributed by atoms with E-state index in [2.05, 4.69) is 5.32 Å². The van der Waals surface area contributed by atoms with Crippen LogP contribution in [0.25, 0.3) is 6.08 Å². The molecule has 0 bridgehead atoms. The van der Waals surface area contributed by atoms with Crippen molar-refractivity contribution in [3.05, 3.63) is 62.6 Å². The number of nitrogens with one attached hydrogen (secondary N) is 1. The normalized spacial score (nSPS) is 15.9. The molecule has 148 valence electrons. The number of rotatable bonds is 4. The second-order valence-corrected chi connectivity index (χ2v) is 9.49. The van der Waals surface area contributed by atoms with Gasteiger partial charge in [0, 0.05) is 17.3 Å². The lowest BCUT2D eigenvalue weighted by Crippen LogP contribution is -2.25. The van der Waals surface area contributed by atoms with Crippen LogP contribution >= 0.6 is 34.8 Å². The molecule has 2 aromatic carbocycles. The van der Waals surface area contributed by atoms with Crippen LogP contribution in [0.1, 0.15) is 29.3 Å². The molecule has 0 atom stereocenters. The molecule has 1 N–H and O–H groups in total. The van der Waals surface area contributed by atoms with Crippen molar-refractivity contribution >= 4 is 68.2 Å². The summed E-state index contributed by atoms with van der Waals surface area (Å²) in [7, 11) is -3.41. The zero-order valence-electron chi connectivity index (χ0n) is 14.9. The van der Waals surface area contributed by atoms with Crippen LogP contribution in [-0.2, 0) is 10.0 Å². The predicted molar refractivity (Wildman–Crippen MR) is 116 cm³/mol. The molecule has 1 heterocycles. The summed E-state index contributed by atoms with van der Waals surface area (Å²) in [5.41, 5.74) is 1.71. The van der Waals surface area contributed by atoms with Crippen molar-refractivity contribution < 1.29 is 13.2 Å². The fourth-order valence-electron chi connectivity index (χ4n) is 2.99. The van der Waals surface area contributed by atoms with Crippen LogP contribution in [0.2, 0.25) is 15.1 Å². The third kappa shape index (κ3) is 4.46. The second-order valence-electron chi connectivity index (χ2n) is 6.26. The minimum atomic E-state index is -3.41. The average molecular weight is 460 g/mol. The summed E-state index contributed by atoms with van der Waals surface area (Å²) in [6, 6.07) is 8.02. The van der Waals surface area contributed by atoms with Crippen molar-refractivity contribution in [3.63, 3.8) is 0 Å². The molecule has 1 aliphatic rings. The zero-order valence-corrected chi connectivity index (χ0v) is 18.0. The Morgan fingerprint density at radius 2 is 1.89 bits per heavy atom. The highest BCUT2D eigenvalue weighted by Gasteiger charge is 2.30. The number of sulfonamides is 1. The van der Waals surface area contributed by atoms with Crippen LogP contribution in [0.15, 0.2) is 36.4 Å². The van der Waals surface area contributed by atoms with E-state index in [1.807, 2.05) is 19.1 Å². The number of benzene rings is 2. The molecule has 0 radical (unpaired) electrons. The van der Waals surface area contributed by atoms with Gasteiger partial charge in [-0.25, -0.2) is 8.42 Å². The van der Waals surface area contributed by atoms with E-state index >= 15 is 0 Å². The molecular formula is C19H17Cl3N2O3S. The Bertz CT molecular complexity index is 1070. The largest absolute Gasteiger partial charge is 0.322 e. The van der Waals surface area contributed by atoms with E-state index in [4.69, 9.17) is 34.8 Å². The minimum Gasteiger partial charge on any atom is -0.322 e. The summed E-state index contributed by atoms with van der Waals surface area (Å²) in [6.45, 7) is 2.21. The van der Waals surface area contributed by atoms with Crippen molar-refractivity contribution in [2.75, 3.05) is 21.9 Å². The fraction of sp³-hybridized carbons (Fsp3) is 0.211. The molecule has 0 unspecified atom stereocenters. The van der Waals surface area contributed by atoms with E-state index in [0.29, 0.717) is 29.4 Å². The lowest BCUT2D eigenvalue weighted by Gasteiger charge is -2.19. The van der Waals surface area contributed by atoms with Crippen molar-refractivity contribution in [2.24, 2.45) is 0 Å². The number of hydrogen-bond acceptors (Lipinski definition) is 3. The van der Waals surface area contributed by atoms with Gasteiger partial charge >= 0.3 is 0 Å². The third-order valence-corrected chi connectivity index (χ3v) is 7.07. The van der Waals surface area contributed by atoms with Gasteiger partial charge < -0.3 is 5.32 Å². The Labute approximate surface area is 178 Å². The van der Waals surface area contributed by atoms with Gasteiger partial charge in [-0.2, -0.15) is 0 Å². The zero-order chi connectivity index (χ0) is 20.5. The lowest BCUT2D eigenvalue weighted by atomic mass is 10.1. The molecule has 0 aromatic heterocycles. The van der Waals surface area contributed by atoms with E-state index in [0.717, 1.165) is 5.56 Å². The summed E-state index contributed by atoms with van der Waals surface area (Å²) in [5.74, 6) is -0.454. The highest BCUT2D eigenvalue weighted by atomic mass is 35.5. The maximum atomic E-state index is 12.8. The number of nitrogens with zero attached hydrogens (tertiary/aromatic N) is 1. The standard InChI is InChI=1S/C19H17Cl3N2O3S/c1-2-4-12-7-13(20)9-14(8-12)23-19(25)16-10-15(11-17(21)18(16)22)24-5-3-6-28(24,26)27/h2,4,7-11H,3,5-6H2,1H3,(H,23,25)/b4-2+. The molecule has 5 nitrogen and oxygen atoms in total. The van der Waals surface area contributed by atoms with E-state index in [-0.39, 0.29) is 21.4 Å². The molecule has 0 saturated carbocycles. The molecule has 2 aromatic rings. The Kier molecular flexibility index (Phi) is 6.25. The highest BCUT2D eigenvalue weighted by molar-refractivity contribution is 7.93. The summed E-state index contributed by atoms with van der Waals surface area (Å²) in [6.07, 6.45) is 4.22. The third-order valence-electron chi connectivity index (χ3n) is 4.18. The second kappa shape index (κ2) is 8.33. The van der Waals surface area contributed by atoms with Crippen LogP contribution in [0, 0.1) is 0 Å². The quantitative estimate of drug-likeness (QED) is 0.659. The maximum Gasteiger partial charge on any atom is 0.257 e. The van der Waals surface area contributed by atoms with E-state index in [1.54, 1.807) is 18.2 Å². The van der Waals surface area contributed by atoms with Crippen molar-refractivity contribution in [2.45, 2.75) is 13.3 Å². The monoisotopic (exact) mass is 458 g/mol. The van der Waals surface area contributed by atoms with Crippen molar-refractivity contribution in [3.8, 4) is 0 Å². The van der Waals surface area contributed by atoms with Gasteiger partial charge in [0.05, 0.1) is 27.0 Å². The first-order chi connectivity index (χ1) is 13.2. The summed E-state index contributed by atoms with van der Waals surface area (Å²) in [4.78, 5) is 12.8. The molecule has 9 heteroatoms. The van der Waals surface area contributed by atoms with Gasteiger partial charge in [-0.15, -0.1) is 0 Å². The van der Waals surface area contributed by atoms with E-state index in [9.17, 15) is 13.2 Å². The minimum absolute atomic E-state index is 0.0511. The van der Waals surface area contributed by atoms with Crippen LogP contribution in [0.4, 0.5) is 11.4 Å². The van der Waals surface area contributed by atoms with E-state index in [1.165, 1.54) is 16.4 Å². The van der Waals surface area contributed by atoms with Gasteiger partial charge in [-0.3, -0.25) is 9.10 Å². The molecule has 1 amide bonds. The van der Waals surface area contributed by atoms with Crippen LogP contribution in [0.3, 0.4) is 0 Å². The predicted octanol–water partition coefficient (Wildman–Crippen LogP) is 5.47.